The van der Waals surface area contributed by atoms with Crippen LogP contribution in [0.5, 0.6) is 0 Å². The molecule has 1 aromatic carbocycles. The van der Waals surface area contributed by atoms with Crippen LogP contribution in [-0.2, 0) is 5.41 Å². The highest BCUT2D eigenvalue weighted by Gasteiger charge is 2.49. The van der Waals surface area contributed by atoms with E-state index in [4.69, 9.17) is 17.3 Å². The molecule has 0 aromatic heterocycles. The van der Waals surface area contributed by atoms with E-state index in [1.54, 1.807) is 0 Å². The molecule has 0 bridgehead atoms. The van der Waals surface area contributed by atoms with Crippen molar-refractivity contribution in [2.75, 3.05) is 0 Å². The highest BCUT2D eigenvalue weighted by Crippen LogP contribution is 2.52. The zero-order valence-corrected chi connectivity index (χ0v) is 9.11. The maximum atomic E-state index is 13.3. The van der Waals surface area contributed by atoms with Gasteiger partial charge in [-0.25, -0.2) is 8.78 Å². The third-order valence-corrected chi connectivity index (χ3v) is 3.60. The van der Waals surface area contributed by atoms with Gasteiger partial charge in [-0.2, -0.15) is 0 Å². The van der Waals surface area contributed by atoms with E-state index >= 15 is 0 Å². The van der Waals surface area contributed by atoms with Crippen molar-refractivity contribution < 1.29 is 8.78 Å². The standard InChI is InChI=1S/C11H12ClF2N/c1-6(15)11(4-5-11)7-2-3-8(13)10(14)9(7)12/h2-3,6H,4-5,15H2,1H3. The Hall–Kier alpha value is -0.670. The first-order valence-electron chi connectivity index (χ1n) is 4.88. The average molecular weight is 232 g/mol. The van der Waals surface area contributed by atoms with Crippen LogP contribution in [0.3, 0.4) is 0 Å². The van der Waals surface area contributed by atoms with Crippen molar-refractivity contribution in [2.24, 2.45) is 5.73 Å². The number of halogens is 3. The first kappa shape index (κ1) is 10.8. The summed E-state index contributed by atoms with van der Waals surface area (Å²) < 4.78 is 26.1. The zero-order valence-electron chi connectivity index (χ0n) is 8.36. The van der Waals surface area contributed by atoms with Crippen LogP contribution < -0.4 is 5.73 Å². The van der Waals surface area contributed by atoms with Crippen molar-refractivity contribution in [3.63, 3.8) is 0 Å². The van der Waals surface area contributed by atoms with Gasteiger partial charge in [0.25, 0.3) is 0 Å². The molecule has 1 atom stereocenters. The monoisotopic (exact) mass is 231 g/mol. The van der Waals surface area contributed by atoms with Gasteiger partial charge in [0.1, 0.15) is 0 Å². The van der Waals surface area contributed by atoms with Crippen LogP contribution >= 0.6 is 11.6 Å². The molecule has 0 radical (unpaired) electrons. The topological polar surface area (TPSA) is 26.0 Å². The van der Waals surface area contributed by atoms with Gasteiger partial charge in [0.15, 0.2) is 11.6 Å². The predicted molar refractivity (Wildman–Crippen MR) is 55.9 cm³/mol. The van der Waals surface area contributed by atoms with Crippen molar-refractivity contribution >= 4 is 11.6 Å². The molecular formula is C11H12ClF2N. The second-order valence-corrected chi connectivity index (χ2v) is 4.55. The SMILES string of the molecule is CC(N)C1(c2ccc(F)c(F)c2Cl)CC1. The van der Waals surface area contributed by atoms with Gasteiger partial charge < -0.3 is 5.73 Å². The Labute approximate surface area is 92.2 Å². The Balaban J connectivity index is 2.51. The van der Waals surface area contributed by atoms with Gasteiger partial charge in [-0.3, -0.25) is 0 Å². The van der Waals surface area contributed by atoms with Crippen LogP contribution in [0, 0.1) is 11.6 Å². The molecule has 0 heterocycles. The molecule has 0 aliphatic heterocycles. The first-order chi connectivity index (χ1) is 6.99. The third-order valence-electron chi connectivity index (χ3n) is 3.23. The molecule has 15 heavy (non-hydrogen) atoms. The Morgan fingerprint density at radius 2 is 2.00 bits per heavy atom. The van der Waals surface area contributed by atoms with Crippen molar-refractivity contribution in [2.45, 2.75) is 31.2 Å². The van der Waals surface area contributed by atoms with E-state index in [1.807, 2.05) is 6.92 Å². The summed E-state index contributed by atoms with van der Waals surface area (Å²) in [6.07, 6.45) is 1.77. The van der Waals surface area contributed by atoms with Gasteiger partial charge in [0.2, 0.25) is 0 Å². The lowest BCUT2D eigenvalue weighted by molar-refractivity contribution is 0.498. The molecule has 1 saturated carbocycles. The molecule has 1 aromatic rings. The molecule has 1 fully saturated rings. The van der Waals surface area contributed by atoms with Gasteiger partial charge >= 0.3 is 0 Å². The largest absolute Gasteiger partial charge is 0.327 e. The Morgan fingerprint density at radius 3 is 2.47 bits per heavy atom. The minimum Gasteiger partial charge on any atom is -0.327 e. The van der Waals surface area contributed by atoms with Crippen molar-refractivity contribution in [1.29, 1.82) is 0 Å². The molecule has 82 valence electrons. The lowest BCUT2D eigenvalue weighted by atomic mass is 9.89. The lowest BCUT2D eigenvalue weighted by Gasteiger charge is -2.21. The van der Waals surface area contributed by atoms with Gasteiger partial charge in [-0.15, -0.1) is 0 Å². The summed E-state index contributed by atoms with van der Waals surface area (Å²) in [5.41, 5.74) is 6.24. The molecule has 1 unspecified atom stereocenters. The third kappa shape index (κ3) is 1.54. The fourth-order valence-electron chi connectivity index (χ4n) is 2.02. The van der Waals surface area contributed by atoms with Gasteiger partial charge in [-0.1, -0.05) is 17.7 Å². The summed E-state index contributed by atoms with van der Waals surface area (Å²) in [6.45, 7) is 1.87. The average Bonchev–Trinajstić information content (AvgIpc) is 2.95. The highest BCUT2D eigenvalue weighted by atomic mass is 35.5. The quantitative estimate of drug-likeness (QED) is 0.778. The molecule has 1 aliphatic rings. The number of nitrogens with two attached hydrogens (primary N) is 1. The normalized spacial score (nSPS) is 20.1. The Kier molecular flexibility index (Phi) is 2.47. The molecule has 0 amide bonds. The molecule has 4 heteroatoms. The summed E-state index contributed by atoms with van der Waals surface area (Å²) in [5.74, 6) is -1.88. The smallest absolute Gasteiger partial charge is 0.177 e. The van der Waals surface area contributed by atoms with Crippen LogP contribution in [0.1, 0.15) is 25.3 Å². The number of benzene rings is 1. The van der Waals surface area contributed by atoms with Crippen LogP contribution in [0.4, 0.5) is 8.78 Å². The fraction of sp³-hybridized carbons (Fsp3) is 0.455. The van der Waals surface area contributed by atoms with Crippen molar-refractivity contribution in [3.8, 4) is 0 Å². The fourth-order valence-corrected chi connectivity index (χ4v) is 2.36. The van der Waals surface area contributed by atoms with Crippen LogP contribution in [0.25, 0.3) is 0 Å². The Morgan fingerprint density at radius 1 is 1.40 bits per heavy atom. The summed E-state index contributed by atoms with van der Waals surface area (Å²) in [6, 6.07) is 2.55. The molecule has 0 saturated heterocycles. The van der Waals surface area contributed by atoms with Crippen molar-refractivity contribution in [1.82, 2.24) is 0 Å². The molecule has 1 aliphatic carbocycles. The van der Waals surface area contributed by atoms with Crippen LogP contribution in [0.2, 0.25) is 5.02 Å². The van der Waals surface area contributed by atoms with Gasteiger partial charge in [-0.05, 0) is 31.4 Å². The number of rotatable bonds is 2. The van der Waals surface area contributed by atoms with E-state index in [2.05, 4.69) is 0 Å². The van der Waals surface area contributed by atoms with E-state index in [0.29, 0.717) is 5.56 Å². The van der Waals surface area contributed by atoms with Crippen molar-refractivity contribution in [3.05, 3.63) is 34.4 Å². The maximum Gasteiger partial charge on any atom is 0.177 e. The molecule has 2 rings (SSSR count). The van der Waals surface area contributed by atoms with Gasteiger partial charge in [0.05, 0.1) is 5.02 Å². The van der Waals surface area contributed by atoms with E-state index in [9.17, 15) is 8.78 Å². The summed E-state index contributed by atoms with van der Waals surface area (Å²) >= 11 is 5.80. The van der Waals surface area contributed by atoms with Crippen LogP contribution in [0.15, 0.2) is 12.1 Å². The predicted octanol–water partition coefficient (Wildman–Crippen LogP) is 3.00. The second kappa shape index (κ2) is 3.42. The molecule has 1 nitrogen and oxygen atoms in total. The minimum absolute atomic E-state index is 0.0974. The zero-order chi connectivity index (χ0) is 11.2. The highest BCUT2D eigenvalue weighted by molar-refractivity contribution is 6.31. The van der Waals surface area contributed by atoms with Gasteiger partial charge in [0, 0.05) is 11.5 Å². The van der Waals surface area contributed by atoms with Crippen LogP contribution in [-0.4, -0.2) is 6.04 Å². The summed E-state index contributed by atoms with van der Waals surface area (Å²) in [7, 11) is 0. The van der Waals surface area contributed by atoms with E-state index in [0.717, 1.165) is 18.9 Å². The first-order valence-corrected chi connectivity index (χ1v) is 5.26. The molecule has 2 N–H and O–H groups in total. The molecular weight excluding hydrogens is 220 g/mol. The Bertz CT molecular complexity index is 400. The molecule has 0 spiro atoms. The van der Waals surface area contributed by atoms with E-state index in [1.165, 1.54) is 6.07 Å². The summed E-state index contributed by atoms with van der Waals surface area (Å²) in [4.78, 5) is 0. The van der Waals surface area contributed by atoms with E-state index < -0.39 is 11.6 Å². The second-order valence-electron chi connectivity index (χ2n) is 4.17. The minimum atomic E-state index is -0.971. The van der Waals surface area contributed by atoms with E-state index in [-0.39, 0.29) is 16.5 Å². The number of hydrogen-bond acceptors (Lipinski definition) is 1. The lowest BCUT2D eigenvalue weighted by Crippen LogP contribution is -2.32. The maximum absolute atomic E-state index is 13.3. The summed E-state index contributed by atoms with van der Waals surface area (Å²) in [5, 5.41) is -0.121. The number of hydrogen-bond donors (Lipinski definition) is 1.